The Balaban J connectivity index is 1.87. The molecule has 1 aromatic rings. The Morgan fingerprint density at radius 2 is 2.32 bits per heavy atom. The number of carbonyl (C=O) groups is 2. The normalized spacial score (nSPS) is 15.0. The number of carbonyl (C=O) groups excluding carboxylic acids is 1. The zero-order valence-corrected chi connectivity index (χ0v) is 10.7. The molecule has 1 fully saturated rings. The van der Waals surface area contributed by atoms with Gasteiger partial charge in [0.05, 0.1) is 12.2 Å². The fourth-order valence-corrected chi connectivity index (χ4v) is 1.78. The smallest absolute Gasteiger partial charge is 0.303 e. The number of amides is 1. The second-order valence-corrected chi connectivity index (χ2v) is 4.62. The van der Waals surface area contributed by atoms with Crippen molar-refractivity contribution in [2.24, 2.45) is 0 Å². The zero-order chi connectivity index (χ0) is 13.8. The van der Waals surface area contributed by atoms with Gasteiger partial charge in [0.2, 0.25) is 0 Å². The van der Waals surface area contributed by atoms with Gasteiger partial charge in [-0.2, -0.15) is 0 Å². The van der Waals surface area contributed by atoms with Crippen molar-refractivity contribution in [1.29, 1.82) is 0 Å². The Bertz CT molecular complexity index is 469. The predicted molar refractivity (Wildman–Crippen MR) is 65.8 cm³/mol. The van der Waals surface area contributed by atoms with Crippen LogP contribution in [0.5, 0.6) is 0 Å². The second-order valence-electron chi connectivity index (χ2n) is 4.62. The minimum atomic E-state index is -0.857. The molecular formula is C11H17N5O3. The lowest BCUT2D eigenvalue weighted by atomic mass is 10.2. The molecule has 8 heteroatoms. The van der Waals surface area contributed by atoms with Crippen molar-refractivity contribution in [3.05, 3.63) is 11.9 Å². The van der Waals surface area contributed by atoms with Crippen molar-refractivity contribution >= 4 is 11.9 Å². The molecule has 1 aliphatic rings. The number of hydrogen-bond acceptors (Lipinski definition) is 5. The fourth-order valence-electron chi connectivity index (χ4n) is 1.78. The van der Waals surface area contributed by atoms with Crippen LogP contribution >= 0.6 is 0 Å². The highest BCUT2D eigenvalue weighted by Crippen LogP contribution is 2.10. The lowest BCUT2D eigenvalue weighted by molar-refractivity contribution is -0.137. The Morgan fingerprint density at radius 1 is 1.58 bits per heavy atom. The summed E-state index contributed by atoms with van der Waals surface area (Å²) in [4.78, 5) is 23.9. The van der Waals surface area contributed by atoms with Crippen LogP contribution in [0.15, 0.2) is 6.20 Å². The third-order valence-electron chi connectivity index (χ3n) is 3.09. The van der Waals surface area contributed by atoms with Crippen LogP contribution < -0.4 is 5.32 Å². The first kappa shape index (κ1) is 13.5. The molecule has 0 saturated carbocycles. The highest BCUT2D eigenvalue weighted by Gasteiger charge is 2.22. The van der Waals surface area contributed by atoms with Crippen molar-refractivity contribution in [1.82, 2.24) is 25.2 Å². The third-order valence-corrected chi connectivity index (χ3v) is 3.09. The summed E-state index contributed by atoms with van der Waals surface area (Å²) in [5.74, 6) is -1.09. The maximum atomic E-state index is 12.0. The van der Waals surface area contributed by atoms with Crippen molar-refractivity contribution in [2.75, 3.05) is 26.7 Å². The Hall–Kier alpha value is -1.96. The fraction of sp³-hybridized carbons (Fsp3) is 0.636. The van der Waals surface area contributed by atoms with Crippen molar-refractivity contribution in [3.63, 3.8) is 0 Å². The zero-order valence-electron chi connectivity index (χ0n) is 10.7. The Labute approximate surface area is 110 Å². The van der Waals surface area contributed by atoms with E-state index in [4.69, 9.17) is 5.11 Å². The summed E-state index contributed by atoms with van der Waals surface area (Å²) < 4.78 is 1.69. The monoisotopic (exact) mass is 267 g/mol. The molecule has 2 heterocycles. The van der Waals surface area contributed by atoms with Crippen molar-refractivity contribution in [3.8, 4) is 0 Å². The van der Waals surface area contributed by atoms with Crippen LogP contribution in [0, 0.1) is 0 Å². The molecular weight excluding hydrogens is 250 g/mol. The number of rotatable bonds is 6. The molecule has 0 unspecified atom stereocenters. The van der Waals surface area contributed by atoms with E-state index in [0.29, 0.717) is 18.7 Å². The summed E-state index contributed by atoms with van der Waals surface area (Å²) in [6.45, 7) is 2.07. The van der Waals surface area contributed by atoms with E-state index in [9.17, 15) is 9.59 Å². The minimum Gasteiger partial charge on any atom is -0.481 e. The predicted octanol–water partition coefficient (Wildman–Crippen LogP) is -0.641. The molecule has 8 nitrogen and oxygen atoms in total. The molecule has 104 valence electrons. The number of aromatic nitrogens is 3. The summed E-state index contributed by atoms with van der Waals surface area (Å²) >= 11 is 0. The van der Waals surface area contributed by atoms with Crippen LogP contribution in [-0.4, -0.2) is 63.6 Å². The van der Waals surface area contributed by atoms with Gasteiger partial charge < -0.3 is 15.3 Å². The van der Waals surface area contributed by atoms with E-state index in [0.717, 1.165) is 13.1 Å². The molecule has 2 rings (SSSR count). The number of carboxylic acid groups (broad SMARTS) is 1. The van der Waals surface area contributed by atoms with E-state index in [1.165, 1.54) is 4.90 Å². The molecule has 1 saturated heterocycles. The highest BCUT2D eigenvalue weighted by atomic mass is 16.4. The number of nitrogens with zero attached hydrogens (tertiary/aromatic N) is 4. The van der Waals surface area contributed by atoms with Crippen LogP contribution in [0.2, 0.25) is 0 Å². The first-order chi connectivity index (χ1) is 9.08. The lowest BCUT2D eigenvalue weighted by Gasteiger charge is -2.26. The molecule has 0 aromatic carbocycles. The van der Waals surface area contributed by atoms with E-state index in [-0.39, 0.29) is 18.4 Å². The third kappa shape index (κ3) is 3.28. The summed E-state index contributed by atoms with van der Waals surface area (Å²) in [5, 5.41) is 19.5. The van der Waals surface area contributed by atoms with E-state index in [2.05, 4.69) is 15.6 Å². The maximum absolute atomic E-state index is 12.0. The van der Waals surface area contributed by atoms with Crippen LogP contribution in [0.4, 0.5) is 0 Å². The summed E-state index contributed by atoms with van der Waals surface area (Å²) in [5.41, 5.74) is 0.296. The molecule has 1 aromatic heterocycles. The Kier molecular flexibility index (Phi) is 4.10. The van der Waals surface area contributed by atoms with Gasteiger partial charge in [-0.25, -0.2) is 4.68 Å². The SMILES string of the molecule is CN(CCCC(=O)O)C(=O)c1cn(C2CNC2)nn1. The van der Waals surface area contributed by atoms with Crippen molar-refractivity contribution in [2.45, 2.75) is 18.9 Å². The molecule has 0 bridgehead atoms. The van der Waals surface area contributed by atoms with Gasteiger partial charge in [-0.3, -0.25) is 9.59 Å². The quantitative estimate of drug-likeness (QED) is 0.711. The summed E-state index contributed by atoms with van der Waals surface area (Å²) in [6, 6.07) is 0.270. The largest absolute Gasteiger partial charge is 0.481 e. The minimum absolute atomic E-state index is 0.0536. The molecule has 2 N–H and O–H groups in total. The molecule has 0 radical (unpaired) electrons. The van der Waals surface area contributed by atoms with E-state index < -0.39 is 5.97 Å². The van der Waals surface area contributed by atoms with E-state index >= 15 is 0 Å². The van der Waals surface area contributed by atoms with Gasteiger partial charge in [-0.05, 0) is 6.42 Å². The summed E-state index contributed by atoms with van der Waals surface area (Å²) in [6.07, 6.45) is 2.12. The highest BCUT2D eigenvalue weighted by molar-refractivity contribution is 5.91. The van der Waals surface area contributed by atoms with E-state index in [1.54, 1.807) is 17.9 Å². The van der Waals surface area contributed by atoms with Gasteiger partial charge >= 0.3 is 5.97 Å². The van der Waals surface area contributed by atoms with Gasteiger partial charge in [0, 0.05) is 33.1 Å². The summed E-state index contributed by atoms with van der Waals surface area (Å²) in [7, 11) is 1.63. The first-order valence-electron chi connectivity index (χ1n) is 6.17. The molecule has 1 aliphatic heterocycles. The van der Waals surface area contributed by atoms with Crippen molar-refractivity contribution < 1.29 is 14.7 Å². The average molecular weight is 267 g/mol. The lowest BCUT2D eigenvalue weighted by Crippen LogP contribution is -2.43. The first-order valence-corrected chi connectivity index (χ1v) is 6.17. The second kappa shape index (κ2) is 5.79. The van der Waals surface area contributed by atoms with Gasteiger partial charge in [-0.15, -0.1) is 5.10 Å². The van der Waals surface area contributed by atoms with Gasteiger partial charge in [0.1, 0.15) is 0 Å². The molecule has 19 heavy (non-hydrogen) atoms. The van der Waals surface area contributed by atoms with Crippen LogP contribution in [0.1, 0.15) is 29.4 Å². The van der Waals surface area contributed by atoms with Crippen LogP contribution in [0.25, 0.3) is 0 Å². The maximum Gasteiger partial charge on any atom is 0.303 e. The standard InChI is InChI=1S/C11H17N5O3/c1-15(4-2-3-10(17)18)11(19)9-7-16(14-13-9)8-5-12-6-8/h7-8,12H,2-6H2,1H3,(H,17,18). The van der Waals surface area contributed by atoms with E-state index in [1.807, 2.05) is 0 Å². The topological polar surface area (TPSA) is 100 Å². The molecule has 1 amide bonds. The van der Waals surface area contributed by atoms with Crippen LogP contribution in [0.3, 0.4) is 0 Å². The number of carboxylic acids is 1. The van der Waals surface area contributed by atoms with Crippen LogP contribution in [-0.2, 0) is 4.79 Å². The molecule has 0 aliphatic carbocycles. The van der Waals surface area contributed by atoms with Gasteiger partial charge in [-0.1, -0.05) is 5.21 Å². The average Bonchev–Trinajstić information content (AvgIpc) is 2.74. The number of hydrogen-bond donors (Lipinski definition) is 2. The number of nitrogens with one attached hydrogen (secondary N) is 1. The molecule has 0 atom stereocenters. The molecule has 0 spiro atoms. The number of aliphatic carboxylic acids is 1. The Morgan fingerprint density at radius 3 is 2.89 bits per heavy atom. The van der Waals surface area contributed by atoms with Gasteiger partial charge in [0.25, 0.3) is 5.91 Å². The van der Waals surface area contributed by atoms with Gasteiger partial charge in [0.15, 0.2) is 5.69 Å².